The summed E-state index contributed by atoms with van der Waals surface area (Å²) >= 11 is 0. The van der Waals surface area contributed by atoms with Crippen molar-refractivity contribution in [2.75, 3.05) is 13.1 Å². The van der Waals surface area contributed by atoms with Gasteiger partial charge in [-0.25, -0.2) is 4.98 Å². The molecule has 1 saturated heterocycles. The van der Waals surface area contributed by atoms with Crippen molar-refractivity contribution < 1.29 is 9.21 Å². The topological polar surface area (TPSA) is 58.4 Å². The SMILES string of the molecule is Cc1nc(C(C)(C)C)oc1CC(=O)NC1CCN(Cc2ccccc2)CC1. The predicted molar refractivity (Wildman–Crippen MR) is 107 cm³/mol. The molecule has 0 radical (unpaired) electrons. The highest BCUT2D eigenvalue weighted by Crippen LogP contribution is 2.24. The Morgan fingerprint density at radius 1 is 1.22 bits per heavy atom. The van der Waals surface area contributed by atoms with Crippen molar-refractivity contribution in [3.05, 3.63) is 53.2 Å². The maximum absolute atomic E-state index is 12.5. The molecular weight excluding hydrogens is 338 g/mol. The molecule has 1 fully saturated rings. The van der Waals surface area contributed by atoms with Crippen LogP contribution in [-0.4, -0.2) is 34.9 Å². The molecule has 2 heterocycles. The van der Waals surface area contributed by atoms with E-state index in [1.54, 1.807) is 0 Å². The second-order valence-corrected chi connectivity index (χ2v) is 8.56. The molecule has 146 valence electrons. The van der Waals surface area contributed by atoms with E-state index in [0.29, 0.717) is 11.7 Å². The highest BCUT2D eigenvalue weighted by Gasteiger charge is 2.25. The summed E-state index contributed by atoms with van der Waals surface area (Å²) in [6.07, 6.45) is 2.24. The fourth-order valence-electron chi connectivity index (χ4n) is 3.41. The van der Waals surface area contributed by atoms with Gasteiger partial charge in [-0.05, 0) is 25.3 Å². The molecule has 5 heteroatoms. The lowest BCUT2D eigenvalue weighted by atomic mass is 9.97. The van der Waals surface area contributed by atoms with E-state index in [-0.39, 0.29) is 23.8 Å². The number of amides is 1. The number of likely N-dealkylation sites (tertiary alicyclic amines) is 1. The third-order valence-electron chi connectivity index (χ3n) is 5.06. The molecule has 5 nitrogen and oxygen atoms in total. The molecule has 0 spiro atoms. The fraction of sp³-hybridized carbons (Fsp3) is 0.545. The van der Waals surface area contributed by atoms with E-state index in [1.165, 1.54) is 5.56 Å². The van der Waals surface area contributed by atoms with Crippen molar-refractivity contribution in [2.24, 2.45) is 0 Å². The number of aromatic nitrogens is 1. The Labute approximate surface area is 162 Å². The number of rotatable bonds is 5. The van der Waals surface area contributed by atoms with E-state index in [1.807, 2.05) is 13.0 Å². The zero-order valence-corrected chi connectivity index (χ0v) is 16.9. The highest BCUT2D eigenvalue weighted by atomic mass is 16.4. The van der Waals surface area contributed by atoms with Crippen LogP contribution < -0.4 is 5.32 Å². The van der Waals surface area contributed by atoms with Crippen LogP contribution in [-0.2, 0) is 23.2 Å². The predicted octanol–water partition coefficient (Wildman–Crippen LogP) is 3.60. The molecule has 0 bridgehead atoms. The van der Waals surface area contributed by atoms with E-state index < -0.39 is 0 Å². The summed E-state index contributed by atoms with van der Waals surface area (Å²) in [6.45, 7) is 11.1. The molecule has 1 aromatic carbocycles. The number of nitrogens with zero attached hydrogens (tertiary/aromatic N) is 2. The van der Waals surface area contributed by atoms with Crippen molar-refractivity contribution in [3.8, 4) is 0 Å². The quantitative estimate of drug-likeness (QED) is 0.875. The largest absolute Gasteiger partial charge is 0.444 e. The Morgan fingerprint density at radius 3 is 2.48 bits per heavy atom. The van der Waals surface area contributed by atoms with Crippen molar-refractivity contribution in [1.82, 2.24) is 15.2 Å². The minimum Gasteiger partial charge on any atom is -0.444 e. The number of benzene rings is 1. The maximum atomic E-state index is 12.5. The summed E-state index contributed by atoms with van der Waals surface area (Å²) in [7, 11) is 0. The molecule has 1 aromatic heterocycles. The first-order valence-electron chi connectivity index (χ1n) is 9.83. The number of carbonyl (C=O) groups excluding carboxylic acids is 1. The van der Waals surface area contributed by atoms with Gasteiger partial charge in [0.15, 0.2) is 5.89 Å². The van der Waals surface area contributed by atoms with Gasteiger partial charge in [-0.3, -0.25) is 9.69 Å². The minimum atomic E-state index is -0.148. The Hall–Kier alpha value is -2.14. The number of nitrogens with one attached hydrogen (secondary N) is 1. The molecule has 0 atom stereocenters. The monoisotopic (exact) mass is 369 g/mol. The summed E-state index contributed by atoms with van der Waals surface area (Å²) in [5.74, 6) is 1.40. The lowest BCUT2D eigenvalue weighted by molar-refractivity contribution is -0.121. The fourth-order valence-corrected chi connectivity index (χ4v) is 3.41. The molecular formula is C22H31N3O2. The van der Waals surface area contributed by atoms with Crippen LogP contribution in [0, 0.1) is 6.92 Å². The molecule has 1 aliphatic rings. The number of aryl methyl sites for hydroxylation is 1. The zero-order valence-electron chi connectivity index (χ0n) is 16.9. The lowest BCUT2D eigenvalue weighted by Crippen LogP contribution is -2.44. The molecule has 0 aliphatic carbocycles. The van der Waals surface area contributed by atoms with Crippen molar-refractivity contribution in [2.45, 2.75) is 65.0 Å². The first-order chi connectivity index (χ1) is 12.8. The smallest absolute Gasteiger partial charge is 0.227 e. The average molecular weight is 370 g/mol. The summed E-state index contributed by atoms with van der Waals surface area (Å²) in [5, 5.41) is 3.17. The van der Waals surface area contributed by atoms with Gasteiger partial charge in [0.2, 0.25) is 5.91 Å². The second-order valence-electron chi connectivity index (χ2n) is 8.56. The van der Waals surface area contributed by atoms with Gasteiger partial charge in [-0.15, -0.1) is 0 Å². The van der Waals surface area contributed by atoms with Crippen molar-refractivity contribution >= 4 is 5.91 Å². The number of hydrogen-bond donors (Lipinski definition) is 1. The van der Waals surface area contributed by atoms with Crippen LogP contribution >= 0.6 is 0 Å². The third kappa shape index (κ3) is 5.42. The van der Waals surface area contributed by atoms with Crippen LogP contribution in [0.3, 0.4) is 0 Å². The first kappa shape index (κ1) is 19.6. The van der Waals surface area contributed by atoms with Gasteiger partial charge in [0.05, 0.1) is 12.1 Å². The molecule has 1 N–H and O–H groups in total. The van der Waals surface area contributed by atoms with Crippen molar-refractivity contribution in [1.29, 1.82) is 0 Å². The Kier molecular flexibility index (Phi) is 6.00. The van der Waals surface area contributed by atoms with Crippen LogP contribution in [0.4, 0.5) is 0 Å². The zero-order chi connectivity index (χ0) is 19.4. The first-order valence-corrected chi connectivity index (χ1v) is 9.83. The van der Waals surface area contributed by atoms with Gasteiger partial charge in [0.1, 0.15) is 5.76 Å². The Bertz CT molecular complexity index is 754. The normalized spacial score (nSPS) is 16.4. The lowest BCUT2D eigenvalue weighted by Gasteiger charge is -2.32. The third-order valence-corrected chi connectivity index (χ3v) is 5.06. The van der Waals surface area contributed by atoms with Crippen LogP contribution in [0.2, 0.25) is 0 Å². The molecule has 3 rings (SSSR count). The maximum Gasteiger partial charge on any atom is 0.227 e. The molecule has 1 aliphatic heterocycles. The molecule has 1 amide bonds. The van der Waals surface area contributed by atoms with Crippen LogP contribution in [0.5, 0.6) is 0 Å². The van der Waals surface area contributed by atoms with Gasteiger partial charge < -0.3 is 9.73 Å². The van der Waals surface area contributed by atoms with Gasteiger partial charge >= 0.3 is 0 Å². The van der Waals surface area contributed by atoms with Crippen LogP contribution in [0.25, 0.3) is 0 Å². The summed E-state index contributed by atoms with van der Waals surface area (Å²) in [6, 6.07) is 10.8. The Morgan fingerprint density at radius 2 is 1.89 bits per heavy atom. The summed E-state index contributed by atoms with van der Waals surface area (Å²) < 4.78 is 5.84. The van der Waals surface area contributed by atoms with Crippen LogP contribution in [0.15, 0.2) is 34.7 Å². The molecule has 27 heavy (non-hydrogen) atoms. The second kappa shape index (κ2) is 8.26. The van der Waals surface area contributed by atoms with Crippen LogP contribution in [0.1, 0.15) is 56.5 Å². The standard InChI is InChI=1S/C22H31N3O2/c1-16-19(27-21(23-16)22(2,3)4)14-20(26)24-18-10-12-25(13-11-18)15-17-8-6-5-7-9-17/h5-9,18H,10-15H2,1-4H3,(H,24,26). The summed E-state index contributed by atoms with van der Waals surface area (Å²) in [4.78, 5) is 19.4. The van der Waals surface area contributed by atoms with E-state index >= 15 is 0 Å². The van der Waals surface area contributed by atoms with E-state index in [2.05, 4.69) is 60.2 Å². The van der Waals surface area contributed by atoms with Gasteiger partial charge in [-0.2, -0.15) is 0 Å². The number of oxazole rings is 1. The molecule has 2 aromatic rings. The number of carbonyl (C=O) groups is 1. The summed E-state index contributed by atoms with van der Waals surface area (Å²) in [5.41, 5.74) is 2.01. The van der Waals surface area contributed by atoms with Gasteiger partial charge in [0.25, 0.3) is 0 Å². The van der Waals surface area contributed by atoms with Gasteiger partial charge in [-0.1, -0.05) is 51.1 Å². The minimum absolute atomic E-state index is 0.0243. The van der Waals surface area contributed by atoms with Gasteiger partial charge in [0, 0.05) is 31.1 Å². The number of hydrogen-bond acceptors (Lipinski definition) is 4. The Balaban J connectivity index is 1.46. The van der Waals surface area contributed by atoms with Crippen molar-refractivity contribution in [3.63, 3.8) is 0 Å². The van der Waals surface area contributed by atoms with E-state index in [9.17, 15) is 4.79 Å². The van der Waals surface area contributed by atoms with E-state index in [4.69, 9.17) is 4.42 Å². The number of piperidine rings is 1. The highest BCUT2D eigenvalue weighted by molar-refractivity contribution is 5.78. The molecule has 0 saturated carbocycles. The average Bonchev–Trinajstić information content (AvgIpc) is 2.98. The van der Waals surface area contributed by atoms with E-state index in [0.717, 1.165) is 38.2 Å². The molecule has 0 unspecified atom stereocenters.